The summed E-state index contributed by atoms with van der Waals surface area (Å²) in [6, 6.07) is 24.5. The highest BCUT2D eigenvalue weighted by Crippen LogP contribution is 2.44. The average molecular weight is 471 g/mol. The van der Waals surface area contributed by atoms with E-state index in [1.165, 1.54) is 0 Å². The minimum Gasteiger partial charge on any atom is -0.480 e. The minimum absolute atomic E-state index is 0.102. The van der Waals surface area contributed by atoms with Crippen LogP contribution < -0.4 is 10.6 Å². The maximum Gasteiger partial charge on any atom is 0.408 e. The number of benzene rings is 3. The molecule has 0 bridgehead atoms. The topological polar surface area (TPSA) is 105 Å². The second-order valence-corrected chi connectivity index (χ2v) is 9.10. The summed E-state index contributed by atoms with van der Waals surface area (Å²) in [6.07, 6.45) is -0.0745. The molecule has 35 heavy (non-hydrogen) atoms. The SMILES string of the molecule is O=C(N[C@]1(Cc2ccccc2)CC[C@H](C(=O)O)NC1=O)OCC1c2ccccc2-c2ccccc21. The molecule has 5 rings (SSSR count). The number of hydrogen-bond acceptors (Lipinski definition) is 4. The van der Waals surface area contributed by atoms with Crippen molar-refractivity contribution in [1.82, 2.24) is 10.6 Å². The fraction of sp³-hybridized carbons (Fsp3) is 0.250. The molecule has 0 unspecified atom stereocenters. The molecule has 1 fully saturated rings. The third kappa shape index (κ3) is 4.37. The number of carbonyl (C=O) groups excluding carboxylic acids is 2. The summed E-state index contributed by atoms with van der Waals surface area (Å²) in [4.78, 5) is 37.5. The van der Waals surface area contributed by atoms with Gasteiger partial charge < -0.3 is 20.5 Å². The lowest BCUT2D eigenvalue weighted by Crippen LogP contribution is -2.66. The first kappa shape index (κ1) is 22.7. The van der Waals surface area contributed by atoms with Crippen LogP contribution in [-0.2, 0) is 20.7 Å². The molecule has 178 valence electrons. The van der Waals surface area contributed by atoms with Crippen LogP contribution >= 0.6 is 0 Å². The van der Waals surface area contributed by atoms with Crippen LogP contribution in [0, 0.1) is 0 Å². The summed E-state index contributed by atoms with van der Waals surface area (Å²) in [5, 5.41) is 14.7. The summed E-state index contributed by atoms with van der Waals surface area (Å²) in [7, 11) is 0. The highest BCUT2D eigenvalue weighted by Gasteiger charge is 2.46. The highest BCUT2D eigenvalue weighted by molar-refractivity contribution is 5.94. The van der Waals surface area contributed by atoms with Crippen LogP contribution in [0.4, 0.5) is 4.79 Å². The second-order valence-electron chi connectivity index (χ2n) is 9.10. The Hall–Kier alpha value is -4.13. The van der Waals surface area contributed by atoms with Crippen LogP contribution in [0.15, 0.2) is 78.9 Å². The molecule has 0 aromatic heterocycles. The summed E-state index contributed by atoms with van der Waals surface area (Å²) in [5.41, 5.74) is 4.01. The number of fused-ring (bicyclic) bond motifs is 3. The predicted octanol–water partition coefficient (Wildman–Crippen LogP) is 3.87. The Kier molecular flexibility index (Phi) is 5.99. The lowest BCUT2D eigenvalue weighted by Gasteiger charge is -2.38. The van der Waals surface area contributed by atoms with E-state index in [0.29, 0.717) is 0 Å². The van der Waals surface area contributed by atoms with E-state index in [4.69, 9.17) is 4.74 Å². The number of aliphatic carboxylic acids is 1. The standard InChI is InChI=1S/C28H26N2O5/c31-25(32)24-14-15-28(26(33)29-24,16-18-8-2-1-3-9-18)30-27(34)35-17-23-21-12-6-4-10-19(21)20-11-5-7-13-22(20)23/h1-13,23-24H,14-17H2,(H,29,33)(H,30,34)(H,31,32)/t24-,28+/m1/s1. The molecule has 0 spiro atoms. The third-order valence-corrected chi connectivity index (χ3v) is 6.93. The van der Waals surface area contributed by atoms with Crippen molar-refractivity contribution in [3.05, 3.63) is 95.6 Å². The predicted molar refractivity (Wildman–Crippen MR) is 130 cm³/mol. The Balaban J connectivity index is 1.34. The number of carboxylic acids is 1. The van der Waals surface area contributed by atoms with Crippen LogP contribution in [0.2, 0.25) is 0 Å². The zero-order chi connectivity index (χ0) is 24.4. The van der Waals surface area contributed by atoms with Gasteiger partial charge in [-0.05, 0) is 40.7 Å². The van der Waals surface area contributed by atoms with Gasteiger partial charge in [-0.25, -0.2) is 9.59 Å². The van der Waals surface area contributed by atoms with Crippen LogP contribution in [0.1, 0.15) is 35.4 Å². The lowest BCUT2D eigenvalue weighted by atomic mass is 9.81. The number of rotatable bonds is 6. The number of nitrogens with one attached hydrogen (secondary N) is 2. The van der Waals surface area contributed by atoms with Gasteiger partial charge in [0.05, 0.1) is 0 Å². The Morgan fingerprint density at radius 3 is 2.14 bits per heavy atom. The Morgan fingerprint density at radius 2 is 1.54 bits per heavy atom. The molecule has 3 aromatic rings. The Morgan fingerprint density at radius 1 is 0.943 bits per heavy atom. The zero-order valence-corrected chi connectivity index (χ0v) is 19.1. The van der Waals surface area contributed by atoms with Gasteiger partial charge in [0.2, 0.25) is 5.91 Å². The van der Waals surface area contributed by atoms with Crippen LogP contribution in [0.5, 0.6) is 0 Å². The molecule has 1 heterocycles. The monoisotopic (exact) mass is 470 g/mol. The van der Waals surface area contributed by atoms with E-state index < -0.39 is 29.6 Å². The van der Waals surface area contributed by atoms with E-state index in [1.54, 1.807) is 0 Å². The molecular weight excluding hydrogens is 444 g/mol. The first-order valence-electron chi connectivity index (χ1n) is 11.7. The number of carbonyl (C=O) groups is 3. The quantitative estimate of drug-likeness (QED) is 0.507. The third-order valence-electron chi connectivity index (χ3n) is 6.93. The molecule has 2 amide bonds. The van der Waals surface area contributed by atoms with Crippen molar-refractivity contribution in [3.8, 4) is 11.1 Å². The molecule has 1 saturated heterocycles. The number of hydrogen-bond donors (Lipinski definition) is 3. The lowest BCUT2D eigenvalue weighted by molar-refractivity contribution is -0.145. The maximum atomic E-state index is 13.1. The van der Waals surface area contributed by atoms with Gasteiger partial charge in [0.15, 0.2) is 0 Å². The van der Waals surface area contributed by atoms with Gasteiger partial charge in [-0.2, -0.15) is 0 Å². The van der Waals surface area contributed by atoms with Gasteiger partial charge in [-0.3, -0.25) is 4.79 Å². The van der Waals surface area contributed by atoms with E-state index in [2.05, 4.69) is 22.8 Å². The van der Waals surface area contributed by atoms with E-state index in [-0.39, 0.29) is 31.8 Å². The number of piperidine rings is 1. The van der Waals surface area contributed by atoms with E-state index in [1.807, 2.05) is 66.7 Å². The fourth-order valence-electron chi connectivity index (χ4n) is 5.16. The normalized spacial score (nSPS) is 20.9. The van der Waals surface area contributed by atoms with Crippen LogP contribution in [0.25, 0.3) is 11.1 Å². The smallest absolute Gasteiger partial charge is 0.408 e. The minimum atomic E-state index is -1.30. The van der Waals surface area contributed by atoms with Crippen molar-refractivity contribution in [1.29, 1.82) is 0 Å². The highest BCUT2D eigenvalue weighted by atomic mass is 16.5. The van der Waals surface area contributed by atoms with Gasteiger partial charge >= 0.3 is 12.1 Å². The molecule has 2 aliphatic rings. The molecule has 7 nitrogen and oxygen atoms in total. The summed E-state index contributed by atoms with van der Waals surface area (Å²) < 4.78 is 5.68. The average Bonchev–Trinajstić information content (AvgIpc) is 3.19. The van der Waals surface area contributed by atoms with Gasteiger partial charge in [-0.1, -0.05) is 78.9 Å². The van der Waals surface area contributed by atoms with Gasteiger partial charge in [-0.15, -0.1) is 0 Å². The number of amides is 2. The molecule has 0 radical (unpaired) electrons. The van der Waals surface area contributed by atoms with Crippen molar-refractivity contribution in [2.75, 3.05) is 6.61 Å². The van der Waals surface area contributed by atoms with E-state index in [0.717, 1.165) is 27.8 Å². The number of ether oxygens (including phenoxy) is 1. The van der Waals surface area contributed by atoms with Gasteiger partial charge in [0.25, 0.3) is 0 Å². The Labute approximate surface area is 203 Å². The fourth-order valence-corrected chi connectivity index (χ4v) is 5.16. The largest absolute Gasteiger partial charge is 0.480 e. The molecule has 2 atom stereocenters. The molecule has 3 aromatic carbocycles. The molecule has 7 heteroatoms. The Bertz CT molecular complexity index is 1230. The summed E-state index contributed by atoms with van der Waals surface area (Å²) in [6.45, 7) is 0.126. The first-order valence-corrected chi connectivity index (χ1v) is 11.7. The van der Waals surface area contributed by atoms with E-state index >= 15 is 0 Å². The van der Waals surface area contributed by atoms with Crippen molar-refractivity contribution in [2.45, 2.75) is 36.8 Å². The van der Waals surface area contributed by atoms with Crippen molar-refractivity contribution in [3.63, 3.8) is 0 Å². The summed E-state index contributed by atoms with van der Waals surface area (Å²) >= 11 is 0. The van der Waals surface area contributed by atoms with Crippen molar-refractivity contribution < 1.29 is 24.2 Å². The van der Waals surface area contributed by atoms with Crippen molar-refractivity contribution >= 4 is 18.0 Å². The maximum absolute atomic E-state index is 13.1. The first-order chi connectivity index (χ1) is 17.0. The molecule has 0 saturated carbocycles. The number of alkyl carbamates (subject to hydrolysis) is 1. The van der Waals surface area contributed by atoms with E-state index in [9.17, 15) is 19.5 Å². The van der Waals surface area contributed by atoms with Crippen LogP contribution in [-0.4, -0.2) is 41.3 Å². The summed E-state index contributed by atoms with van der Waals surface area (Å²) in [5.74, 6) is -1.71. The van der Waals surface area contributed by atoms with Crippen molar-refractivity contribution in [2.24, 2.45) is 0 Å². The van der Waals surface area contributed by atoms with Gasteiger partial charge in [0.1, 0.15) is 18.2 Å². The molecular formula is C28H26N2O5. The second kappa shape index (κ2) is 9.25. The molecule has 1 aliphatic heterocycles. The number of carboxylic acid groups (broad SMARTS) is 1. The molecule has 3 N–H and O–H groups in total. The van der Waals surface area contributed by atoms with Gasteiger partial charge in [0, 0.05) is 12.3 Å². The van der Waals surface area contributed by atoms with Crippen LogP contribution in [0.3, 0.4) is 0 Å². The zero-order valence-electron chi connectivity index (χ0n) is 19.1. The molecule has 1 aliphatic carbocycles.